The fourth-order valence-electron chi connectivity index (χ4n) is 1.84. The number of likely N-dealkylation sites (N-methyl/N-ethyl adjacent to an activating group) is 1. The van der Waals surface area contributed by atoms with Crippen LogP contribution in [0.15, 0.2) is 36.4 Å². The Morgan fingerprint density at radius 1 is 1.33 bits per heavy atom. The van der Waals surface area contributed by atoms with Gasteiger partial charge in [0, 0.05) is 12.5 Å². The zero-order valence-electron chi connectivity index (χ0n) is 11.8. The van der Waals surface area contributed by atoms with Crippen LogP contribution in [0.3, 0.4) is 0 Å². The molecule has 0 aromatic heterocycles. The van der Waals surface area contributed by atoms with Gasteiger partial charge >= 0.3 is 0 Å². The molecule has 0 amide bonds. The summed E-state index contributed by atoms with van der Waals surface area (Å²) in [5, 5.41) is 3.41. The van der Waals surface area contributed by atoms with Gasteiger partial charge in [-0.05, 0) is 44.5 Å². The van der Waals surface area contributed by atoms with E-state index in [-0.39, 0.29) is 0 Å². The number of benzene rings is 1. The van der Waals surface area contributed by atoms with Crippen molar-refractivity contribution in [2.45, 2.75) is 39.7 Å². The second-order valence-corrected chi connectivity index (χ2v) is 4.86. The van der Waals surface area contributed by atoms with Crippen LogP contribution in [0.25, 0.3) is 0 Å². The van der Waals surface area contributed by atoms with E-state index in [0.717, 1.165) is 30.7 Å². The van der Waals surface area contributed by atoms with Gasteiger partial charge in [0.15, 0.2) is 0 Å². The lowest BCUT2D eigenvalue weighted by molar-refractivity contribution is 0.321. The average molecular weight is 247 g/mol. The van der Waals surface area contributed by atoms with E-state index in [1.54, 1.807) is 0 Å². The average Bonchev–Trinajstić information content (AvgIpc) is 2.31. The van der Waals surface area contributed by atoms with Crippen LogP contribution in [-0.4, -0.2) is 19.2 Å². The van der Waals surface area contributed by atoms with Gasteiger partial charge < -0.3 is 10.1 Å². The Kier molecular flexibility index (Phi) is 6.51. The lowest BCUT2D eigenvalue weighted by atomic mass is 10.1. The molecule has 2 nitrogen and oxygen atoms in total. The fraction of sp³-hybridized carbons (Fsp3) is 0.500. The Balaban J connectivity index is 2.39. The van der Waals surface area contributed by atoms with Crippen molar-refractivity contribution in [2.75, 3.05) is 13.2 Å². The Morgan fingerprint density at radius 2 is 2.00 bits per heavy atom. The van der Waals surface area contributed by atoms with Crippen LogP contribution in [0, 0.1) is 0 Å². The van der Waals surface area contributed by atoms with E-state index in [0.29, 0.717) is 12.6 Å². The molecule has 1 aromatic rings. The van der Waals surface area contributed by atoms with E-state index in [1.807, 2.05) is 19.1 Å². The lowest BCUT2D eigenvalue weighted by Gasteiger charge is -2.12. The molecule has 0 aliphatic carbocycles. The summed E-state index contributed by atoms with van der Waals surface area (Å²) in [6.07, 6.45) is 1.97. The van der Waals surface area contributed by atoms with E-state index in [4.69, 9.17) is 4.74 Å². The van der Waals surface area contributed by atoms with Gasteiger partial charge in [-0.1, -0.05) is 24.6 Å². The maximum atomic E-state index is 5.65. The summed E-state index contributed by atoms with van der Waals surface area (Å²) in [4.78, 5) is 0. The molecule has 0 spiro atoms. The highest BCUT2D eigenvalue weighted by molar-refractivity contribution is 5.27. The largest absolute Gasteiger partial charge is 0.493 e. The summed E-state index contributed by atoms with van der Waals surface area (Å²) in [7, 11) is 0. The molecule has 0 saturated heterocycles. The number of hydrogen-bond acceptors (Lipinski definition) is 2. The van der Waals surface area contributed by atoms with E-state index in [9.17, 15) is 0 Å². The molecule has 0 aliphatic heterocycles. The van der Waals surface area contributed by atoms with Gasteiger partial charge in [-0.25, -0.2) is 0 Å². The predicted molar refractivity (Wildman–Crippen MR) is 78.2 cm³/mol. The van der Waals surface area contributed by atoms with E-state index in [2.05, 4.69) is 37.9 Å². The molecular weight excluding hydrogens is 222 g/mol. The third-order valence-electron chi connectivity index (χ3n) is 2.82. The molecular formula is C16H25NO. The summed E-state index contributed by atoms with van der Waals surface area (Å²) in [5.41, 5.74) is 2.50. The molecule has 1 aromatic carbocycles. The van der Waals surface area contributed by atoms with Crippen LogP contribution in [0.5, 0.6) is 5.75 Å². The van der Waals surface area contributed by atoms with Crippen LogP contribution in [0.2, 0.25) is 0 Å². The van der Waals surface area contributed by atoms with Crippen LogP contribution in [0.4, 0.5) is 0 Å². The molecule has 1 rings (SSSR count). The smallest absolute Gasteiger partial charge is 0.119 e. The van der Waals surface area contributed by atoms with Crippen molar-refractivity contribution in [3.63, 3.8) is 0 Å². The predicted octanol–water partition coefficient (Wildman–Crippen LogP) is 3.57. The first-order valence-electron chi connectivity index (χ1n) is 6.71. The third kappa shape index (κ3) is 5.87. The van der Waals surface area contributed by atoms with Gasteiger partial charge in [0.2, 0.25) is 0 Å². The summed E-state index contributed by atoms with van der Waals surface area (Å²) >= 11 is 0. The Hall–Kier alpha value is -1.28. The van der Waals surface area contributed by atoms with Gasteiger partial charge in [-0.2, -0.15) is 0 Å². The zero-order valence-corrected chi connectivity index (χ0v) is 11.8. The first kappa shape index (κ1) is 14.8. The molecule has 100 valence electrons. The minimum atomic E-state index is 0.519. The highest BCUT2D eigenvalue weighted by Gasteiger charge is 2.02. The van der Waals surface area contributed by atoms with Gasteiger partial charge in [0.05, 0.1) is 6.61 Å². The SMILES string of the molecule is C=C(C)CCOc1ccc(CC(C)NCC)cc1. The molecule has 2 heteroatoms. The number of rotatable bonds is 8. The van der Waals surface area contributed by atoms with Gasteiger partial charge in [-0.3, -0.25) is 0 Å². The lowest BCUT2D eigenvalue weighted by Crippen LogP contribution is -2.27. The van der Waals surface area contributed by atoms with Crippen molar-refractivity contribution in [1.29, 1.82) is 0 Å². The zero-order chi connectivity index (χ0) is 13.4. The first-order valence-corrected chi connectivity index (χ1v) is 6.71. The Labute approximate surface area is 111 Å². The standard InChI is InChI=1S/C16H25NO/c1-5-17-14(4)12-15-6-8-16(9-7-15)18-11-10-13(2)3/h6-9,14,17H,2,5,10-12H2,1,3-4H3. The molecule has 0 saturated carbocycles. The molecule has 0 aliphatic rings. The monoisotopic (exact) mass is 247 g/mol. The molecule has 0 bridgehead atoms. The van der Waals surface area contributed by atoms with E-state index < -0.39 is 0 Å². The second-order valence-electron chi connectivity index (χ2n) is 4.86. The van der Waals surface area contributed by atoms with Crippen molar-refractivity contribution >= 4 is 0 Å². The Morgan fingerprint density at radius 3 is 2.56 bits per heavy atom. The summed E-state index contributed by atoms with van der Waals surface area (Å²) < 4.78 is 5.65. The third-order valence-corrected chi connectivity index (χ3v) is 2.82. The van der Waals surface area contributed by atoms with Gasteiger partial charge in [0.1, 0.15) is 5.75 Å². The quantitative estimate of drug-likeness (QED) is 0.709. The summed E-state index contributed by atoms with van der Waals surface area (Å²) in [6, 6.07) is 8.90. The summed E-state index contributed by atoms with van der Waals surface area (Å²) in [6.45, 7) is 12.0. The van der Waals surface area contributed by atoms with Crippen LogP contribution < -0.4 is 10.1 Å². The molecule has 1 unspecified atom stereocenters. The van der Waals surface area contributed by atoms with Crippen molar-refractivity contribution in [2.24, 2.45) is 0 Å². The molecule has 0 radical (unpaired) electrons. The highest BCUT2D eigenvalue weighted by atomic mass is 16.5. The van der Waals surface area contributed by atoms with Crippen molar-refractivity contribution in [3.05, 3.63) is 42.0 Å². The highest BCUT2D eigenvalue weighted by Crippen LogP contribution is 2.14. The number of ether oxygens (including phenoxy) is 1. The maximum Gasteiger partial charge on any atom is 0.119 e. The van der Waals surface area contributed by atoms with E-state index in [1.165, 1.54) is 5.56 Å². The second kappa shape index (κ2) is 7.93. The van der Waals surface area contributed by atoms with Crippen LogP contribution in [-0.2, 0) is 6.42 Å². The first-order chi connectivity index (χ1) is 8.61. The van der Waals surface area contributed by atoms with Crippen molar-refractivity contribution in [3.8, 4) is 5.75 Å². The molecule has 1 atom stereocenters. The topological polar surface area (TPSA) is 21.3 Å². The minimum absolute atomic E-state index is 0.519. The number of hydrogen-bond donors (Lipinski definition) is 1. The molecule has 18 heavy (non-hydrogen) atoms. The van der Waals surface area contributed by atoms with Gasteiger partial charge in [0.25, 0.3) is 0 Å². The van der Waals surface area contributed by atoms with Crippen LogP contribution >= 0.6 is 0 Å². The van der Waals surface area contributed by atoms with Crippen LogP contribution in [0.1, 0.15) is 32.8 Å². The molecule has 1 N–H and O–H groups in total. The molecule has 0 heterocycles. The molecule has 0 fully saturated rings. The maximum absolute atomic E-state index is 5.65. The normalized spacial score (nSPS) is 12.2. The summed E-state index contributed by atoms with van der Waals surface area (Å²) in [5.74, 6) is 0.941. The van der Waals surface area contributed by atoms with Crippen molar-refractivity contribution < 1.29 is 4.74 Å². The Bertz CT molecular complexity index is 356. The number of nitrogens with one attached hydrogen (secondary N) is 1. The van der Waals surface area contributed by atoms with Gasteiger partial charge in [-0.15, -0.1) is 6.58 Å². The van der Waals surface area contributed by atoms with Crippen molar-refractivity contribution in [1.82, 2.24) is 5.32 Å². The minimum Gasteiger partial charge on any atom is -0.493 e. The fourth-order valence-corrected chi connectivity index (χ4v) is 1.84. The van der Waals surface area contributed by atoms with E-state index >= 15 is 0 Å².